The van der Waals surface area contributed by atoms with Gasteiger partial charge in [-0.3, -0.25) is 9.59 Å². The van der Waals surface area contributed by atoms with E-state index in [1.807, 2.05) is 30.3 Å². The van der Waals surface area contributed by atoms with Crippen molar-refractivity contribution in [1.29, 1.82) is 0 Å². The van der Waals surface area contributed by atoms with Crippen LogP contribution >= 0.6 is 0 Å². The molecule has 20 heavy (non-hydrogen) atoms. The van der Waals surface area contributed by atoms with Crippen LogP contribution in [0.1, 0.15) is 18.9 Å². The number of hydrogen-bond donors (Lipinski definition) is 4. The number of nitrogens with one attached hydrogen (secondary N) is 1. The molecule has 5 N–H and O–H groups in total. The van der Waals surface area contributed by atoms with E-state index in [0.717, 1.165) is 5.56 Å². The van der Waals surface area contributed by atoms with Crippen LogP contribution in [-0.2, 0) is 16.0 Å². The monoisotopic (exact) mass is 280 g/mol. The second-order valence-corrected chi connectivity index (χ2v) is 5.08. The fourth-order valence-corrected chi connectivity index (χ4v) is 1.76. The van der Waals surface area contributed by atoms with Crippen LogP contribution in [0.4, 0.5) is 0 Å². The Balaban J connectivity index is 2.44. The van der Waals surface area contributed by atoms with Crippen LogP contribution in [0.2, 0.25) is 0 Å². The molecule has 110 valence electrons. The predicted molar refractivity (Wildman–Crippen MR) is 74.0 cm³/mol. The summed E-state index contributed by atoms with van der Waals surface area (Å²) in [5.74, 6) is -1.54. The normalized spacial score (nSPS) is 15.2. The van der Waals surface area contributed by atoms with Crippen LogP contribution in [0.5, 0.6) is 0 Å². The molecule has 1 aromatic rings. The van der Waals surface area contributed by atoms with Crippen molar-refractivity contribution in [3.63, 3.8) is 0 Å². The fourth-order valence-electron chi connectivity index (χ4n) is 1.76. The smallest absolute Gasteiger partial charge is 0.306 e. The van der Waals surface area contributed by atoms with Crippen LogP contribution in [0, 0.1) is 0 Å². The summed E-state index contributed by atoms with van der Waals surface area (Å²) in [6.45, 7) is 1.20. The third-order valence-electron chi connectivity index (χ3n) is 2.81. The van der Waals surface area contributed by atoms with Crippen molar-refractivity contribution >= 4 is 11.9 Å². The summed E-state index contributed by atoms with van der Waals surface area (Å²) >= 11 is 0. The molecule has 0 saturated carbocycles. The summed E-state index contributed by atoms with van der Waals surface area (Å²) in [5, 5.41) is 20.9. The van der Waals surface area contributed by atoms with Gasteiger partial charge in [0, 0.05) is 6.54 Å². The Hall–Kier alpha value is -1.92. The number of hydrogen-bond acceptors (Lipinski definition) is 4. The number of carbonyl (C=O) groups is 2. The molecule has 0 aromatic heterocycles. The molecule has 1 unspecified atom stereocenters. The Kier molecular flexibility index (Phi) is 5.66. The first kappa shape index (κ1) is 16.1. The molecule has 1 amide bonds. The van der Waals surface area contributed by atoms with Crippen molar-refractivity contribution in [3.05, 3.63) is 35.9 Å². The van der Waals surface area contributed by atoms with Crippen molar-refractivity contribution in [2.45, 2.75) is 31.4 Å². The highest BCUT2D eigenvalue weighted by Crippen LogP contribution is 2.08. The number of carboxylic acid groups (broad SMARTS) is 1. The Labute approximate surface area is 117 Å². The lowest BCUT2D eigenvalue weighted by atomic mass is 10.0. The summed E-state index contributed by atoms with van der Waals surface area (Å²) in [6.07, 6.45) is -0.0606. The van der Waals surface area contributed by atoms with Gasteiger partial charge in [-0.1, -0.05) is 30.3 Å². The topological polar surface area (TPSA) is 113 Å². The third-order valence-corrected chi connectivity index (χ3v) is 2.81. The van der Waals surface area contributed by atoms with Crippen LogP contribution in [0.15, 0.2) is 30.3 Å². The standard InChI is InChI=1S/C14H20N2O4/c1-14(20,8-12(17)18)9-16-13(19)11(15)7-10-5-3-2-4-6-10/h2-6,11,20H,7-9,15H2,1H3,(H,16,19)(H,17,18)/t11-,14?/m1/s1. The minimum absolute atomic E-state index is 0.152. The zero-order valence-corrected chi connectivity index (χ0v) is 11.4. The molecule has 6 nitrogen and oxygen atoms in total. The highest BCUT2D eigenvalue weighted by Gasteiger charge is 2.25. The predicted octanol–water partition coefficient (Wildman–Crippen LogP) is -0.102. The molecular formula is C14H20N2O4. The first-order valence-electron chi connectivity index (χ1n) is 6.31. The maximum Gasteiger partial charge on any atom is 0.306 e. The number of carboxylic acids is 1. The van der Waals surface area contributed by atoms with Gasteiger partial charge in [0.25, 0.3) is 0 Å². The van der Waals surface area contributed by atoms with E-state index in [9.17, 15) is 14.7 Å². The van der Waals surface area contributed by atoms with Crippen molar-refractivity contribution < 1.29 is 19.8 Å². The van der Waals surface area contributed by atoms with Gasteiger partial charge in [0.2, 0.25) is 5.91 Å². The minimum Gasteiger partial charge on any atom is -0.481 e. The van der Waals surface area contributed by atoms with Crippen molar-refractivity contribution in [2.24, 2.45) is 5.73 Å². The summed E-state index contributed by atoms with van der Waals surface area (Å²) in [5.41, 5.74) is 5.22. The molecule has 1 rings (SSSR count). The van der Waals surface area contributed by atoms with E-state index in [-0.39, 0.29) is 6.54 Å². The molecule has 0 saturated heterocycles. The molecule has 0 aliphatic carbocycles. The second kappa shape index (κ2) is 7.02. The van der Waals surface area contributed by atoms with E-state index >= 15 is 0 Å². The maximum absolute atomic E-state index is 11.8. The number of nitrogens with two attached hydrogens (primary N) is 1. The lowest BCUT2D eigenvalue weighted by molar-refractivity contribution is -0.142. The van der Waals surface area contributed by atoms with Crippen molar-refractivity contribution in [3.8, 4) is 0 Å². The Morgan fingerprint density at radius 2 is 1.95 bits per heavy atom. The summed E-state index contributed by atoms with van der Waals surface area (Å²) in [6, 6.07) is 8.59. The second-order valence-electron chi connectivity index (χ2n) is 5.08. The zero-order chi connectivity index (χ0) is 15.2. The Morgan fingerprint density at radius 3 is 2.50 bits per heavy atom. The number of aliphatic hydroxyl groups is 1. The van der Waals surface area contributed by atoms with E-state index in [1.165, 1.54) is 6.92 Å². The van der Waals surface area contributed by atoms with E-state index in [0.29, 0.717) is 6.42 Å². The number of benzene rings is 1. The minimum atomic E-state index is -1.49. The van der Waals surface area contributed by atoms with Gasteiger partial charge >= 0.3 is 5.97 Å². The van der Waals surface area contributed by atoms with Gasteiger partial charge in [-0.25, -0.2) is 0 Å². The first-order chi connectivity index (χ1) is 9.30. The van der Waals surface area contributed by atoms with Gasteiger partial charge in [-0.05, 0) is 18.9 Å². The van der Waals surface area contributed by atoms with Crippen molar-refractivity contribution in [2.75, 3.05) is 6.54 Å². The quantitative estimate of drug-likeness (QED) is 0.557. The number of aliphatic carboxylic acids is 1. The molecule has 0 aliphatic rings. The van der Waals surface area contributed by atoms with E-state index in [4.69, 9.17) is 10.8 Å². The fraction of sp³-hybridized carbons (Fsp3) is 0.429. The maximum atomic E-state index is 11.8. The average Bonchev–Trinajstić information content (AvgIpc) is 2.35. The molecule has 6 heteroatoms. The van der Waals surface area contributed by atoms with E-state index < -0.39 is 29.9 Å². The molecule has 0 heterocycles. The van der Waals surface area contributed by atoms with Gasteiger partial charge in [0.15, 0.2) is 0 Å². The van der Waals surface area contributed by atoms with Gasteiger partial charge in [0.05, 0.1) is 18.1 Å². The highest BCUT2D eigenvalue weighted by atomic mass is 16.4. The van der Waals surface area contributed by atoms with Crippen molar-refractivity contribution in [1.82, 2.24) is 5.32 Å². The molecule has 0 bridgehead atoms. The molecule has 0 radical (unpaired) electrons. The Morgan fingerprint density at radius 1 is 1.35 bits per heavy atom. The van der Waals surface area contributed by atoms with Crippen LogP contribution in [0.25, 0.3) is 0 Å². The Bertz CT molecular complexity index is 460. The molecule has 0 aliphatic heterocycles. The lowest BCUT2D eigenvalue weighted by Gasteiger charge is -2.22. The molecule has 1 aromatic carbocycles. The SMILES string of the molecule is CC(O)(CNC(=O)[C@H](N)Cc1ccccc1)CC(=O)O. The van der Waals surface area contributed by atoms with E-state index in [1.54, 1.807) is 0 Å². The largest absolute Gasteiger partial charge is 0.481 e. The van der Waals surface area contributed by atoms with Crippen LogP contribution in [0.3, 0.4) is 0 Å². The molecule has 0 spiro atoms. The van der Waals surface area contributed by atoms with Gasteiger partial charge in [-0.15, -0.1) is 0 Å². The third kappa shape index (κ3) is 5.81. The molecular weight excluding hydrogens is 260 g/mol. The van der Waals surface area contributed by atoms with E-state index in [2.05, 4.69) is 5.32 Å². The van der Waals surface area contributed by atoms with Crippen LogP contribution < -0.4 is 11.1 Å². The van der Waals surface area contributed by atoms with Gasteiger partial charge < -0.3 is 21.3 Å². The summed E-state index contributed by atoms with van der Waals surface area (Å²) in [4.78, 5) is 22.3. The summed E-state index contributed by atoms with van der Waals surface area (Å²) < 4.78 is 0. The average molecular weight is 280 g/mol. The number of rotatable bonds is 7. The van der Waals surface area contributed by atoms with Crippen LogP contribution in [-0.4, -0.2) is 40.3 Å². The summed E-state index contributed by atoms with van der Waals surface area (Å²) in [7, 11) is 0. The number of amides is 1. The molecule has 2 atom stereocenters. The van der Waals surface area contributed by atoms with Gasteiger partial charge in [0.1, 0.15) is 0 Å². The first-order valence-corrected chi connectivity index (χ1v) is 6.31. The number of carbonyl (C=O) groups excluding carboxylic acids is 1. The highest BCUT2D eigenvalue weighted by molar-refractivity contribution is 5.82. The zero-order valence-electron chi connectivity index (χ0n) is 11.4. The molecule has 0 fully saturated rings. The van der Waals surface area contributed by atoms with Gasteiger partial charge in [-0.2, -0.15) is 0 Å². The lowest BCUT2D eigenvalue weighted by Crippen LogP contribution is -2.48.